The van der Waals surface area contributed by atoms with Crippen molar-refractivity contribution in [1.82, 2.24) is 0 Å². The molecule has 2 aromatic rings. The van der Waals surface area contributed by atoms with Crippen LogP contribution in [-0.4, -0.2) is 48.4 Å². The van der Waals surface area contributed by atoms with Gasteiger partial charge in [-0.3, -0.25) is 4.79 Å². The average Bonchev–Trinajstić information content (AvgIpc) is 2.75. The van der Waals surface area contributed by atoms with E-state index < -0.39 is 43.0 Å². The number of fused-ring (bicyclic) bond motifs is 1. The first kappa shape index (κ1) is 20.0. The van der Waals surface area contributed by atoms with Gasteiger partial charge in [0.1, 0.15) is 18.3 Å². The summed E-state index contributed by atoms with van der Waals surface area (Å²) < 4.78 is 28.9. The van der Waals surface area contributed by atoms with Crippen LogP contribution in [-0.2, 0) is 35.1 Å². The Hall–Kier alpha value is -2.29. The van der Waals surface area contributed by atoms with Crippen LogP contribution in [0.1, 0.15) is 24.3 Å². The highest BCUT2D eigenvalue weighted by atomic mass is 16.8. The molecular weight excluding hydrogens is 376 g/mol. The van der Waals surface area contributed by atoms with Crippen LogP contribution in [0.5, 0.6) is 0 Å². The molecule has 4 rings (SSSR count). The van der Waals surface area contributed by atoms with Gasteiger partial charge in [0.05, 0.1) is 13.2 Å². The van der Waals surface area contributed by atoms with E-state index in [0.29, 0.717) is 0 Å². The van der Waals surface area contributed by atoms with Crippen LogP contribution in [0.15, 0.2) is 60.7 Å². The molecule has 29 heavy (non-hydrogen) atoms. The molecule has 0 saturated carbocycles. The first-order valence-corrected chi connectivity index (χ1v) is 9.60. The quantitative estimate of drug-likeness (QED) is 0.772. The molecule has 2 aliphatic heterocycles. The molecule has 2 heterocycles. The molecule has 0 spiro atoms. The molecule has 0 unspecified atom stereocenters. The number of aliphatic hydroxyl groups is 1. The lowest BCUT2D eigenvalue weighted by Crippen LogP contribution is -2.63. The topological polar surface area (TPSA) is 83.5 Å². The molecule has 0 amide bonds. The number of ether oxygens (including phenoxy) is 5. The number of benzene rings is 2. The van der Waals surface area contributed by atoms with Gasteiger partial charge in [-0.2, -0.15) is 0 Å². The highest BCUT2D eigenvalue weighted by molar-refractivity contribution is 5.66. The summed E-state index contributed by atoms with van der Waals surface area (Å²) in [6, 6.07) is 19.0. The summed E-state index contributed by atoms with van der Waals surface area (Å²) in [7, 11) is 0. The zero-order chi connectivity index (χ0) is 20.2. The fraction of sp³-hybridized carbons (Fsp3) is 0.409. The van der Waals surface area contributed by atoms with Crippen LogP contribution >= 0.6 is 0 Å². The van der Waals surface area contributed by atoms with Crippen LogP contribution in [0.3, 0.4) is 0 Å². The minimum absolute atomic E-state index is 0.222. The number of carbonyl (C=O) groups is 1. The van der Waals surface area contributed by atoms with Crippen molar-refractivity contribution in [3.63, 3.8) is 0 Å². The molecule has 2 aromatic carbocycles. The molecule has 0 aliphatic carbocycles. The molecule has 7 nitrogen and oxygen atoms in total. The average molecular weight is 400 g/mol. The van der Waals surface area contributed by atoms with Crippen molar-refractivity contribution in [2.24, 2.45) is 0 Å². The molecule has 1 N–H and O–H groups in total. The minimum atomic E-state index is -1.20. The van der Waals surface area contributed by atoms with Crippen LogP contribution in [0, 0.1) is 0 Å². The summed E-state index contributed by atoms with van der Waals surface area (Å²) in [5.41, 5.74) is 1.78. The Kier molecular flexibility index (Phi) is 6.22. The Bertz CT molecular complexity index is 797. The SMILES string of the molecule is CC(=O)O[C@H]1[C@H](O)[C@H](OCc2ccccc2)O[C@@H]2CO[C@H](c3ccccc3)O[C@@H]12. The van der Waals surface area contributed by atoms with Gasteiger partial charge in [0, 0.05) is 12.5 Å². The van der Waals surface area contributed by atoms with E-state index in [1.54, 1.807) is 0 Å². The summed E-state index contributed by atoms with van der Waals surface area (Å²) >= 11 is 0. The van der Waals surface area contributed by atoms with Gasteiger partial charge < -0.3 is 28.8 Å². The fourth-order valence-corrected chi connectivity index (χ4v) is 3.56. The number of aliphatic hydroxyl groups excluding tert-OH is 1. The van der Waals surface area contributed by atoms with Crippen molar-refractivity contribution in [3.05, 3.63) is 71.8 Å². The molecule has 0 aromatic heterocycles. The zero-order valence-corrected chi connectivity index (χ0v) is 16.0. The third-order valence-electron chi connectivity index (χ3n) is 4.94. The first-order chi connectivity index (χ1) is 14.1. The van der Waals surface area contributed by atoms with Crippen LogP contribution < -0.4 is 0 Å². The molecular formula is C22H24O7. The van der Waals surface area contributed by atoms with Gasteiger partial charge in [0.25, 0.3) is 0 Å². The molecule has 2 fully saturated rings. The van der Waals surface area contributed by atoms with Gasteiger partial charge in [-0.1, -0.05) is 60.7 Å². The standard InChI is InChI=1S/C22H24O7/c1-14(23)27-20-18(24)22(25-12-15-8-4-2-5-9-15)28-17-13-26-21(29-19(17)20)16-10-6-3-7-11-16/h2-11,17-22,24H,12-13H2,1H3/t17-,18+,19-,20+,21+,22-/m1/s1. The first-order valence-electron chi connectivity index (χ1n) is 9.60. The zero-order valence-electron chi connectivity index (χ0n) is 16.0. The van der Waals surface area contributed by atoms with E-state index >= 15 is 0 Å². The van der Waals surface area contributed by atoms with Crippen LogP contribution in [0.25, 0.3) is 0 Å². The molecule has 0 bridgehead atoms. The second-order valence-corrected chi connectivity index (χ2v) is 7.08. The number of hydrogen-bond acceptors (Lipinski definition) is 7. The van der Waals surface area contributed by atoms with Crippen LogP contribution in [0.2, 0.25) is 0 Å². The van der Waals surface area contributed by atoms with E-state index in [9.17, 15) is 9.90 Å². The Morgan fingerprint density at radius 3 is 2.45 bits per heavy atom. The largest absolute Gasteiger partial charge is 0.457 e. The van der Waals surface area contributed by atoms with Gasteiger partial charge >= 0.3 is 5.97 Å². The van der Waals surface area contributed by atoms with Crippen molar-refractivity contribution in [2.75, 3.05) is 6.61 Å². The van der Waals surface area contributed by atoms with E-state index in [-0.39, 0.29) is 13.2 Å². The third kappa shape index (κ3) is 4.66. The molecule has 154 valence electrons. The number of esters is 1. The maximum absolute atomic E-state index is 11.7. The van der Waals surface area contributed by atoms with Gasteiger partial charge in [0.15, 0.2) is 18.7 Å². The van der Waals surface area contributed by atoms with E-state index in [4.69, 9.17) is 23.7 Å². The maximum atomic E-state index is 11.7. The van der Waals surface area contributed by atoms with E-state index in [0.717, 1.165) is 11.1 Å². The van der Waals surface area contributed by atoms with Gasteiger partial charge in [-0.05, 0) is 5.56 Å². The summed E-state index contributed by atoms with van der Waals surface area (Å²) in [6.45, 7) is 1.77. The van der Waals surface area contributed by atoms with Crippen molar-refractivity contribution < 1.29 is 33.6 Å². The van der Waals surface area contributed by atoms with Crippen molar-refractivity contribution in [3.8, 4) is 0 Å². The second kappa shape index (κ2) is 9.02. The Labute approximate surface area is 169 Å². The summed E-state index contributed by atoms with van der Waals surface area (Å²) in [6.07, 6.45) is -4.94. The fourth-order valence-electron chi connectivity index (χ4n) is 3.56. The Morgan fingerprint density at radius 2 is 1.76 bits per heavy atom. The predicted molar refractivity (Wildman–Crippen MR) is 101 cm³/mol. The Balaban J connectivity index is 1.48. The second-order valence-electron chi connectivity index (χ2n) is 7.08. The molecule has 2 aliphatic rings. The molecule has 7 heteroatoms. The normalized spacial score (nSPS) is 31.7. The number of rotatable bonds is 5. The van der Waals surface area contributed by atoms with E-state index in [1.807, 2.05) is 60.7 Å². The van der Waals surface area contributed by atoms with Gasteiger partial charge in [-0.15, -0.1) is 0 Å². The lowest BCUT2D eigenvalue weighted by Gasteiger charge is -2.47. The van der Waals surface area contributed by atoms with E-state index in [1.165, 1.54) is 6.92 Å². The van der Waals surface area contributed by atoms with Crippen LogP contribution in [0.4, 0.5) is 0 Å². The smallest absolute Gasteiger partial charge is 0.303 e. The van der Waals surface area contributed by atoms with Crippen molar-refractivity contribution in [2.45, 2.75) is 50.5 Å². The number of hydrogen-bond donors (Lipinski definition) is 1. The highest BCUT2D eigenvalue weighted by Crippen LogP contribution is 2.35. The van der Waals surface area contributed by atoms with Gasteiger partial charge in [0.2, 0.25) is 0 Å². The maximum Gasteiger partial charge on any atom is 0.303 e. The Morgan fingerprint density at radius 1 is 1.07 bits per heavy atom. The summed E-state index contributed by atoms with van der Waals surface area (Å²) in [5.74, 6) is -0.511. The predicted octanol–water partition coefficient (Wildman–Crippen LogP) is 2.33. The lowest BCUT2D eigenvalue weighted by molar-refractivity contribution is -0.363. The van der Waals surface area contributed by atoms with E-state index in [2.05, 4.69) is 0 Å². The monoisotopic (exact) mass is 400 g/mol. The van der Waals surface area contributed by atoms with Crippen molar-refractivity contribution >= 4 is 5.97 Å². The number of carbonyl (C=O) groups excluding carboxylic acids is 1. The molecule has 0 radical (unpaired) electrons. The minimum Gasteiger partial charge on any atom is -0.457 e. The third-order valence-corrected chi connectivity index (χ3v) is 4.94. The molecule has 6 atom stereocenters. The lowest BCUT2D eigenvalue weighted by atomic mass is 9.97. The molecule has 2 saturated heterocycles. The van der Waals surface area contributed by atoms with Gasteiger partial charge in [-0.25, -0.2) is 0 Å². The highest BCUT2D eigenvalue weighted by Gasteiger charge is 2.51. The summed E-state index contributed by atoms with van der Waals surface area (Å²) in [4.78, 5) is 11.7. The summed E-state index contributed by atoms with van der Waals surface area (Å²) in [5, 5.41) is 10.8. The van der Waals surface area contributed by atoms with Crippen molar-refractivity contribution in [1.29, 1.82) is 0 Å².